The SMILES string of the molecule is O=C(O)C1CC(=O)N(c2ccc(/C=C/c3cccc(Cl)c3)cc2)C1. The molecule has 122 valence electrons. The summed E-state index contributed by atoms with van der Waals surface area (Å²) in [6, 6.07) is 15.0. The third-order valence-corrected chi connectivity index (χ3v) is 4.23. The monoisotopic (exact) mass is 341 g/mol. The number of carbonyl (C=O) groups is 2. The fourth-order valence-corrected chi connectivity index (χ4v) is 2.89. The number of anilines is 1. The maximum atomic E-state index is 12.0. The van der Waals surface area contributed by atoms with Crippen molar-refractivity contribution >= 4 is 41.3 Å². The summed E-state index contributed by atoms with van der Waals surface area (Å²) in [4.78, 5) is 24.5. The van der Waals surface area contributed by atoms with Gasteiger partial charge in [0.05, 0.1) is 5.92 Å². The largest absolute Gasteiger partial charge is 0.481 e. The first-order chi connectivity index (χ1) is 11.5. The highest BCUT2D eigenvalue weighted by Gasteiger charge is 2.34. The zero-order valence-corrected chi connectivity index (χ0v) is 13.6. The predicted molar refractivity (Wildman–Crippen MR) is 94.9 cm³/mol. The summed E-state index contributed by atoms with van der Waals surface area (Å²) < 4.78 is 0. The summed E-state index contributed by atoms with van der Waals surface area (Å²) in [5.41, 5.74) is 2.72. The first-order valence-corrected chi connectivity index (χ1v) is 7.97. The Morgan fingerprint density at radius 2 is 1.83 bits per heavy atom. The van der Waals surface area contributed by atoms with E-state index in [4.69, 9.17) is 16.7 Å². The van der Waals surface area contributed by atoms with Crippen molar-refractivity contribution in [1.82, 2.24) is 0 Å². The van der Waals surface area contributed by atoms with Crippen molar-refractivity contribution in [3.05, 3.63) is 64.7 Å². The van der Waals surface area contributed by atoms with Crippen molar-refractivity contribution < 1.29 is 14.7 Å². The highest BCUT2D eigenvalue weighted by atomic mass is 35.5. The van der Waals surface area contributed by atoms with Crippen LogP contribution in [0, 0.1) is 5.92 Å². The summed E-state index contributed by atoms with van der Waals surface area (Å²) >= 11 is 5.95. The highest BCUT2D eigenvalue weighted by Crippen LogP contribution is 2.26. The molecule has 1 fully saturated rings. The first-order valence-electron chi connectivity index (χ1n) is 7.60. The Morgan fingerprint density at radius 1 is 1.12 bits per heavy atom. The smallest absolute Gasteiger partial charge is 0.308 e. The molecule has 1 saturated heterocycles. The molecule has 1 aliphatic heterocycles. The summed E-state index contributed by atoms with van der Waals surface area (Å²) in [5.74, 6) is -1.70. The Bertz CT molecular complexity index is 799. The second kappa shape index (κ2) is 6.89. The average molecular weight is 342 g/mol. The normalized spacial score (nSPS) is 17.6. The van der Waals surface area contributed by atoms with Crippen LogP contribution in [-0.4, -0.2) is 23.5 Å². The van der Waals surface area contributed by atoms with Crippen molar-refractivity contribution in [2.45, 2.75) is 6.42 Å². The molecule has 1 N–H and O–H groups in total. The van der Waals surface area contributed by atoms with Crippen LogP contribution in [0.5, 0.6) is 0 Å². The van der Waals surface area contributed by atoms with Crippen LogP contribution in [0.2, 0.25) is 5.02 Å². The predicted octanol–water partition coefficient (Wildman–Crippen LogP) is 3.95. The molecule has 1 unspecified atom stereocenters. The molecule has 1 heterocycles. The number of carboxylic acid groups (broad SMARTS) is 1. The van der Waals surface area contributed by atoms with E-state index >= 15 is 0 Å². The van der Waals surface area contributed by atoms with Gasteiger partial charge in [0.15, 0.2) is 0 Å². The van der Waals surface area contributed by atoms with Crippen molar-refractivity contribution in [3.8, 4) is 0 Å². The zero-order valence-electron chi connectivity index (χ0n) is 12.9. The molecule has 5 heteroatoms. The van der Waals surface area contributed by atoms with Crippen LogP contribution < -0.4 is 4.90 Å². The molecule has 0 radical (unpaired) electrons. The van der Waals surface area contributed by atoms with Crippen LogP contribution in [0.4, 0.5) is 5.69 Å². The summed E-state index contributed by atoms with van der Waals surface area (Å²) in [6.45, 7) is 0.228. The van der Waals surface area contributed by atoms with Crippen molar-refractivity contribution in [3.63, 3.8) is 0 Å². The molecule has 0 saturated carbocycles. The highest BCUT2D eigenvalue weighted by molar-refractivity contribution is 6.30. The maximum absolute atomic E-state index is 12.0. The van der Waals surface area contributed by atoms with Gasteiger partial charge in [0.25, 0.3) is 0 Å². The molecule has 2 aromatic rings. The van der Waals surface area contributed by atoms with Crippen LogP contribution in [0.3, 0.4) is 0 Å². The lowest BCUT2D eigenvalue weighted by Crippen LogP contribution is -2.25. The number of halogens is 1. The number of hydrogen-bond acceptors (Lipinski definition) is 2. The van der Waals surface area contributed by atoms with Crippen LogP contribution in [-0.2, 0) is 9.59 Å². The van der Waals surface area contributed by atoms with Crippen molar-refractivity contribution in [2.24, 2.45) is 5.92 Å². The lowest BCUT2D eigenvalue weighted by molar-refractivity contribution is -0.141. The molecule has 2 aromatic carbocycles. The van der Waals surface area contributed by atoms with E-state index in [0.717, 1.165) is 16.8 Å². The maximum Gasteiger partial charge on any atom is 0.308 e. The van der Waals surface area contributed by atoms with Crippen molar-refractivity contribution in [2.75, 3.05) is 11.4 Å². The van der Waals surface area contributed by atoms with Crippen LogP contribution >= 0.6 is 11.6 Å². The molecule has 0 spiro atoms. The van der Waals surface area contributed by atoms with E-state index in [1.807, 2.05) is 60.7 Å². The quantitative estimate of drug-likeness (QED) is 0.857. The van der Waals surface area contributed by atoms with E-state index in [0.29, 0.717) is 5.02 Å². The third-order valence-electron chi connectivity index (χ3n) is 4.00. The number of carbonyl (C=O) groups excluding carboxylic acids is 1. The zero-order chi connectivity index (χ0) is 17.1. The Labute approximate surface area is 145 Å². The van der Waals surface area contributed by atoms with Gasteiger partial charge in [-0.05, 0) is 35.4 Å². The van der Waals surface area contributed by atoms with Gasteiger partial charge in [-0.2, -0.15) is 0 Å². The molecule has 24 heavy (non-hydrogen) atoms. The van der Waals surface area contributed by atoms with Gasteiger partial charge in [-0.1, -0.05) is 48.0 Å². The number of benzene rings is 2. The molecule has 1 aliphatic rings. The average Bonchev–Trinajstić information content (AvgIpc) is 2.96. The van der Waals surface area contributed by atoms with Gasteiger partial charge in [0, 0.05) is 23.7 Å². The van der Waals surface area contributed by atoms with Crippen LogP contribution in [0.1, 0.15) is 17.5 Å². The van der Waals surface area contributed by atoms with E-state index in [2.05, 4.69) is 0 Å². The van der Waals surface area contributed by atoms with Crippen LogP contribution in [0.15, 0.2) is 48.5 Å². The fraction of sp³-hybridized carbons (Fsp3) is 0.158. The summed E-state index contributed by atoms with van der Waals surface area (Å²) in [7, 11) is 0. The molecule has 1 atom stereocenters. The molecule has 1 amide bonds. The topological polar surface area (TPSA) is 57.6 Å². The Morgan fingerprint density at radius 3 is 2.46 bits per heavy atom. The lowest BCUT2D eigenvalue weighted by atomic mass is 10.1. The fourth-order valence-electron chi connectivity index (χ4n) is 2.69. The van der Waals surface area contributed by atoms with E-state index in [9.17, 15) is 9.59 Å². The van der Waals surface area contributed by atoms with Gasteiger partial charge in [-0.15, -0.1) is 0 Å². The minimum absolute atomic E-state index is 0.0613. The minimum atomic E-state index is -0.924. The Kier molecular flexibility index (Phi) is 4.67. The molecule has 0 bridgehead atoms. The van der Waals surface area contributed by atoms with Gasteiger partial charge in [-0.3, -0.25) is 9.59 Å². The number of nitrogens with zero attached hydrogens (tertiary/aromatic N) is 1. The second-order valence-corrected chi connectivity index (χ2v) is 6.16. The van der Waals surface area contributed by atoms with E-state index in [1.165, 1.54) is 4.90 Å². The van der Waals surface area contributed by atoms with E-state index < -0.39 is 11.9 Å². The van der Waals surface area contributed by atoms with Gasteiger partial charge in [0.1, 0.15) is 0 Å². The Balaban J connectivity index is 1.72. The summed E-state index contributed by atoms with van der Waals surface area (Å²) in [5, 5.41) is 9.73. The molecule has 0 aromatic heterocycles. The number of hydrogen-bond donors (Lipinski definition) is 1. The third kappa shape index (κ3) is 3.66. The molecule has 0 aliphatic carbocycles. The molecular formula is C19H16ClNO3. The summed E-state index contributed by atoms with van der Waals surface area (Å²) in [6.07, 6.45) is 3.98. The lowest BCUT2D eigenvalue weighted by Gasteiger charge is -2.16. The number of carboxylic acids is 1. The molecular weight excluding hydrogens is 326 g/mol. The standard InChI is InChI=1S/C19H16ClNO3/c20-16-3-1-2-14(10-16)5-4-13-6-8-17(9-7-13)21-12-15(19(23)24)11-18(21)22/h1-10,15H,11-12H2,(H,23,24)/b5-4+. The molecule has 3 rings (SSSR count). The van der Waals surface area contributed by atoms with Gasteiger partial charge >= 0.3 is 5.97 Å². The number of aliphatic carboxylic acids is 1. The van der Waals surface area contributed by atoms with Gasteiger partial charge in [0.2, 0.25) is 5.91 Å². The van der Waals surface area contributed by atoms with Crippen LogP contribution in [0.25, 0.3) is 12.2 Å². The number of rotatable bonds is 4. The second-order valence-electron chi connectivity index (χ2n) is 5.72. The Hall–Kier alpha value is -2.59. The minimum Gasteiger partial charge on any atom is -0.481 e. The van der Waals surface area contributed by atoms with E-state index in [1.54, 1.807) is 0 Å². The van der Waals surface area contributed by atoms with Crippen molar-refractivity contribution in [1.29, 1.82) is 0 Å². The van der Waals surface area contributed by atoms with Gasteiger partial charge in [-0.25, -0.2) is 0 Å². The van der Waals surface area contributed by atoms with Gasteiger partial charge < -0.3 is 10.0 Å². The molecule has 4 nitrogen and oxygen atoms in total. The van der Waals surface area contributed by atoms with E-state index in [-0.39, 0.29) is 18.9 Å². The number of amides is 1. The first kappa shape index (κ1) is 16.3.